The van der Waals surface area contributed by atoms with E-state index in [4.69, 9.17) is 22.9 Å². The Hall–Kier alpha value is -2.85. The summed E-state index contributed by atoms with van der Waals surface area (Å²) >= 11 is 0. The molecule has 40 heavy (non-hydrogen) atoms. The first-order valence-electron chi connectivity index (χ1n) is 14.2. The van der Waals surface area contributed by atoms with Crippen molar-refractivity contribution in [3.63, 3.8) is 0 Å². The minimum absolute atomic E-state index is 0.0996. The number of nitrogens with zero attached hydrogens (tertiary/aromatic N) is 1. The molecular weight excluding hydrogens is 526 g/mol. The molecule has 2 aromatic carbocycles. The lowest BCUT2D eigenvalue weighted by atomic mass is 9.89. The lowest BCUT2D eigenvalue weighted by Crippen LogP contribution is -2.40. The third kappa shape index (κ3) is 11.3. The molecule has 1 unspecified atom stereocenters. The van der Waals surface area contributed by atoms with Gasteiger partial charge in [0, 0.05) is 38.9 Å². The molecule has 2 rings (SSSR count). The summed E-state index contributed by atoms with van der Waals surface area (Å²) in [6.45, 7) is 7.21. The second-order valence-electron chi connectivity index (χ2n) is 9.70. The highest BCUT2D eigenvalue weighted by atomic mass is 28.4. The van der Waals surface area contributed by atoms with Crippen LogP contribution in [0.1, 0.15) is 85.9 Å². The maximum atomic E-state index is 13.5. The topological polar surface area (TPSA) is 92.7 Å². The lowest BCUT2D eigenvalue weighted by Gasteiger charge is -2.21. The van der Waals surface area contributed by atoms with Crippen LogP contribution in [0.15, 0.2) is 59.8 Å². The molecule has 0 fully saturated rings. The summed E-state index contributed by atoms with van der Waals surface area (Å²) < 4.78 is 22.2. The highest BCUT2D eigenvalue weighted by molar-refractivity contribution is 6.59. The Kier molecular flexibility index (Phi) is 15.4. The highest BCUT2D eigenvalue weighted by Gasteiger charge is 2.31. The van der Waals surface area contributed by atoms with Crippen LogP contribution in [-0.4, -0.2) is 53.7 Å². The highest BCUT2D eigenvalue weighted by Crippen LogP contribution is 2.21. The van der Waals surface area contributed by atoms with E-state index in [1.165, 1.54) is 0 Å². The van der Waals surface area contributed by atoms with E-state index in [0.29, 0.717) is 30.1 Å². The number of ether oxygens (including phenoxy) is 1. The van der Waals surface area contributed by atoms with Crippen molar-refractivity contribution < 1.29 is 32.4 Å². The fourth-order valence-electron chi connectivity index (χ4n) is 4.06. The number of Topliss-reactive ketones (excluding diaryl/α,β-unsaturated/α-hetero) is 1. The van der Waals surface area contributed by atoms with Gasteiger partial charge in [-0.05, 0) is 68.5 Å². The van der Waals surface area contributed by atoms with Gasteiger partial charge in [-0.2, -0.15) is 0 Å². The van der Waals surface area contributed by atoms with Crippen LogP contribution < -0.4 is 4.74 Å². The van der Waals surface area contributed by atoms with Crippen LogP contribution in [0.2, 0.25) is 6.55 Å². The molecule has 0 aliphatic rings. The van der Waals surface area contributed by atoms with Gasteiger partial charge >= 0.3 is 14.8 Å². The van der Waals surface area contributed by atoms with Crippen molar-refractivity contribution in [2.45, 2.75) is 71.8 Å². The number of ketones is 1. The zero-order valence-electron chi connectivity index (χ0n) is 24.6. The number of hydrogen-bond acceptors (Lipinski definition) is 8. The van der Waals surface area contributed by atoms with Crippen LogP contribution in [0.25, 0.3) is 0 Å². The van der Waals surface area contributed by atoms with Crippen LogP contribution in [0.5, 0.6) is 5.75 Å². The number of carbonyl (C=O) groups is 2. The van der Waals surface area contributed by atoms with E-state index in [1.807, 2.05) is 19.5 Å². The van der Waals surface area contributed by atoms with Gasteiger partial charge in [0.2, 0.25) is 5.78 Å². The molecule has 220 valence electrons. The Labute approximate surface area is 240 Å². The average Bonchev–Trinajstić information content (AvgIpc) is 3.00. The van der Waals surface area contributed by atoms with Crippen molar-refractivity contribution in [2.75, 3.05) is 27.4 Å². The lowest BCUT2D eigenvalue weighted by molar-refractivity contribution is 0.0512. The van der Waals surface area contributed by atoms with Crippen LogP contribution in [0.4, 0.5) is 0 Å². The van der Waals surface area contributed by atoms with Crippen molar-refractivity contribution in [1.29, 1.82) is 0 Å². The van der Waals surface area contributed by atoms with Gasteiger partial charge in [-0.15, -0.1) is 0 Å². The minimum atomic E-state index is -2.45. The second kappa shape index (κ2) is 18.5. The summed E-state index contributed by atoms with van der Waals surface area (Å²) in [5.74, 6) is -0.220. The largest absolute Gasteiger partial charge is 0.497 e. The molecule has 0 heterocycles. The summed E-state index contributed by atoms with van der Waals surface area (Å²) in [5.41, 5.74) is 1.15. The van der Waals surface area contributed by atoms with Gasteiger partial charge in [0.1, 0.15) is 11.5 Å². The molecule has 0 aliphatic carbocycles. The third-order valence-corrected chi connectivity index (χ3v) is 9.00. The van der Waals surface area contributed by atoms with Crippen molar-refractivity contribution in [3.05, 3.63) is 65.7 Å². The van der Waals surface area contributed by atoms with Crippen LogP contribution in [0, 0.1) is 5.92 Å². The Morgan fingerprint density at radius 2 is 1.48 bits per heavy atom. The fourth-order valence-corrected chi connectivity index (χ4v) is 4.98. The van der Waals surface area contributed by atoms with Gasteiger partial charge < -0.3 is 22.9 Å². The van der Waals surface area contributed by atoms with Crippen LogP contribution >= 0.6 is 0 Å². The number of hydrogen-bond donors (Lipinski definition) is 0. The normalized spacial score (nSPS) is 12.7. The molecule has 0 aliphatic heterocycles. The molecule has 0 saturated carbocycles. The zero-order chi connectivity index (χ0) is 29.2. The van der Waals surface area contributed by atoms with E-state index < -0.39 is 14.8 Å². The van der Waals surface area contributed by atoms with Gasteiger partial charge in [-0.3, -0.25) is 4.79 Å². The van der Waals surface area contributed by atoms with Crippen LogP contribution in [-0.2, 0) is 18.1 Å². The molecule has 2 aromatic rings. The minimum Gasteiger partial charge on any atom is -0.494 e. The summed E-state index contributed by atoms with van der Waals surface area (Å²) in [6.07, 6.45) is 7.40. The Morgan fingerprint density at radius 1 is 0.825 bits per heavy atom. The molecule has 8 nitrogen and oxygen atoms in total. The number of benzene rings is 2. The predicted octanol–water partition coefficient (Wildman–Crippen LogP) is 7.12. The molecule has 0 saturated heterocycles. The van der Waals surface area contributed by atoms with E-state index in [2.05, 4.69) is 12.1 Å². The smallest absolute Gasteiger partial charge is 0.494 e. The molecule has 0 spiro atoms. The van der Waals surface area contributed by atoms with Gasteiger partial charge in [0.05, 0.1) is 12.2 Å². The predicted molar refractivity (Wildman–Crippen MR) is 159 cm³/mol. The van der Waals surface area contributed by atoms with E-state index in [-0.39, 0.29) is 17.4 Å². The molecule has 0 aromatic heterocycles. The van der Waals surface area contributed by atoms with Gasteiger partial charge in [-0.1, -0.05) is 56.5 Å². The maximum Gasteiger partial charge on any atom is 0.497 e. The van der Waals surface area contributed by atoms with Crippen molar-refractivity contribution in [2.24, 2.45) is 11.1 Å². The summed E-state index contributed by atoms with van der Waals surface area (Å²) in [5, 5.41) is 4.10. The Balaban J connectivity index is 1.91. The standard InChI is InChI=1S/C31H45NO7Si/c1-6-8-16-25(7-2)29(32-39-31(34)27-17-12-11-13-18-27)30(33)26-19-21-28(22-20-26)37-23-14-9-10-15-24-38-40(5,35-3)36-4/h11-13,17-22,25H,6-10,14-16,23-24H2,1-5H3/b32-29+. The number of rotatable bonds is 20. The molecule has 0 amide bonds. The molecule has 0 bridgehead atoms. The molecule has 9 heteroatoms. The Morgan fingerprint density at radius 3 is 2.08 bits per heavy atom. The molecule has 0 radical (unpaired) electrons. The van der Waals surface area contributed by atoms with Crippen molar-refractivity contribution >= 4 is 26.3 Å². The van der Waals surface area contributed by atoms with E-state index >= 15 is 0 Å². The summed E-state index contributed by atoms with van der Waals surface area (Å²) in [4.78, 5) is 31.2. The number of carbonyl (C=O) groups excluding carboxylic acids is 2. The first kappa shape index (κ1) is 33.4. The first-order chi connectivity index (χ1) is 19.4. The van der Waals surface area contributed by atoms with Gasteiger partial charge in [0.25, 0.3) is 0 Å². The summed E-state index contributed by atoms with van der Waals surface area (Å²) in [6, 6.07) is 15.7. The zero-order valence-corrected chi connectivity index (χ0v) is 25.6. The maximum absolute atomic E-state index is 13.5. The molecule has 1 atom stereocenters. The average molecular weight is 572 g/mol. The number of oxime groups is 1. The van der Waals surface area contributed by atoms with E-state index in [0.717, 1.165) is 51.4 Å². The fraction of sp³-hybridized carbons (Fsp3) is 0.516. The SMILES string of the molecule is CCCCC(CC)/C(=N\OC(=O)c1ccccc1)C(=O)c1ccc(OCCCCCCO[Si](C)(OC)OC)cc1. The number of unbranched alkanes of at least 4 members (excludes halogenated alkanes) is 4. The van der Waals surface area contributed by atoms with Gasteiger partial charge in [0.15, 0.2) is 0 Å². The van der Waals surface area contributed by atoms with E-state index in [1.54, 1.807) is 62.8 Å². The quantitative estimate of drug-likeness (QED) is 0.0417. The first-order valence-corrected chi connectivity index (χ1v) is 16.5. The Bertz CT molecular complexity index is 1040. The summed E-state index contributed by atoms with van der Waals surface area (Å²) in [7, 11) is 0.771. The van der Waals surface area contributed by atoms with Crippen LogP contribution in [0.3, 0.4) is 0 Å². The van der Waals surface area contributed by atoms with E-state index in [9.17, 15) is 9.59 Å². The molecule has 0 N–H and O–H groups in total. The molecular formula is C31H45NO7Si. The van der Waals surface area contributed by atoms with Gasteiger partial charge in [-0.25, -0.2) is 4.79 Å². The second-order valence-corrected chi connectivity index (χ2v) is 12.5. The van der Waals surface area contributed by atoms with Crippen molar-refractivity contribution in [3.8, 4) is 5.75 Å². The third-order valence-electron chi connectivity index (χ3n) is 6.78. The monoisotopic (exact) mass is 571 g/mol. The van der Waals surface area contributed by atoms with Crippen molar-refractivity contribution in [1.82, 2.24) is 0 Å².